The highest BCUT2D eigenvalue weighted by Gasteiger charge is 1.97. The van der Waals surface area contributed by atoms with Crippen molar-refractivity contribution in [3.63, 3.8) is 0 Å². The van der Waals surface area contributed by atoms with Gasteiger partial charge in [0.05, 0.1) is 6.61 Å². The molecule has 0 radical (unpaired) electrons. The first kappa shape index (κ1) is 11.9. The van der Waals surface area contributed by atoms with E-state index in [1.807, 2.05) is 0 Å². The Bertz CT molecular complexity index is 102. The van der Waals surface area contributed by atoms with E-state index in [2.05, 4.69) is 31.1 Å². The van der Waals surface area contributed by atoms with Gasteiger partial charge in [0.15, 0.2) is 0 Å². The molecule has 0 aromatic rings. The van der Waals surface area contributed by atoms with Gasteiger partial charge in [0, 0.05) is 34.2 Å². The number of hydrogen-bond acceptors (Lipinski definition) is 3. The highest BCUT2D eigenvalue weighted by molar-refractivity contribution is 4.56. The summed E-state index contributed by atoms with van der Waals surface area (Å²) in [6, 6.07) is 0.584. The number of likely N-dealkylation sites (N-methyl/N-ethyl adjacent to an activating group) is 1. The third kappa shape index (κ3) is 7.98. The lowest BCUT2D eigenvalue weighted by Gasteiger charge is -2.17. The Hall–Kier alpha value is -0.120. The molecule has 3 heteroatoms. The molecule has 0 aromatic carbocycles. The van der Waals surface area contributed by atoms with Crippen LogP contribution in [0.1, 0.15) is 15.3 Å². The zero-order valence-corrected chi connectivity index (χ0v) is 8.76. The van der Waals surface area contributed by atoms with Gasteiger partial charge in [-0.25, -0.2) is 0 Å². The third-order valence-corrected chi connectivity index (χ3v) is 1.72. The van der Waals surface area contributed by atoms with E-state index < -0.39 is 0 Å². The number of hydrogen-bond donors (Lipinski definition) is 1. The average molecular weight is 176 g/mol. The van der Waals surface area contributed by atoms with Gasteiger partial charge in [-0.3, -0.25) is 0 Å². The van der Waals surface area contributed by atoms with Crippen molar-refractivity contribution in [3.05, 3.63) is 0 Å². The van der Waals surface area contributed by atoms with Crippen molar-refractivity contribution in [2.24, 2.45) is 0 Å². The molecule has 0 fully saturated rings. The van der Waals surface area contributed by atoms with Gasteiger partial charge in [0.2, 0.25) is 0 Å². The summed E-state index contributed by atoms with van der Waals surface area (Å²) in [4.78, 5) is 2.26. The SMILES string of the molecule is COCCN(C)CCNC(C)C.[HH]. The molecule has 0 aliphatic heterocycles. The Morgan fingerprint density at radius 3 is 2.58 bits per heavy atom. The molecule has 0 spiro atoms. The Labute approximate surface area is 77.6 Å². The van der Waals surface area contributed by atoms with E-state index >= 15 is 0 Å². The zero-order chi connectivity index (χ0) is 9.40. The summed E-state index contributed by atoms with van der Waals surface area (Å²) in [6.45, 7) is 8.29. The summed E-state index contributed by atoms with van der Waals surface area (Å²) in [5.41, 5.74) is 0. The highest BCUT2D eigenvalue weighted by Crippen LogP contribution is 1.82. The number of rotatable bonds is 7. The fourth-order valence-electron chi connectivity index (χ4n) is 0.903. The van der Waals surface area contributed by atoms with Crippen LogP contribution in [0.3, 0.4) is 0 Å². The largest absolute Gasteiger partial charge is 0.383 e. The minimum absolute atomic E-state index is 0. The Morgan fingerprint density at radius 1 is 1.42 bits per heavy atom. The van der Waals surface area contributed by atoms with E-state index in [4.69, 9.17) is 4.74 Å². The minimum atomic E-state index is 0. The van der Waals surface area contributed by atoms with E-state index in [1.54, 1.807) is 7.11 Å². The number of nitrogens with zero attached hydrogens (tertiary/aromatic N) is 1. The standard InChI is InChI=1S/C9H22N2O.H2/c1-9(2)10-5-6-11(3)7-8-12-4;/h9-10H,5-8H2,1-4H3;1H. The van der Waals surface area contributed by atoms with Crippen LogP contribution >= 0.6 is 0 Å². The molecule has 0 heterocycles. The molecular weight excluding hydrogens is 152 g/mol. The fourth-order valence-corrected chi connectivity index (χ4v) is 0.903. The maximum absolute atomic E-state index is 4.98. The van der Waals surface area contributed by atoms with Crippen LogP contribution in [0.15, 0.2) is 0 Å². The molecule has 0 amide bonds. The van der Waals surface area contributed by atoms with Crippen molar-refractivity contribution >= 4 is 0 Å². The summed E-state index contributed by atoms with van der Waals surface area (Å²) in [5, 5.41) is 3.37. The van der Waals surface area contributed by atoms with Gasteiger partial charge in [-0.2, -0.15) is 0 Å². The normalized spacial score (nSPS) is 11.5. The molecule has 0 aliphatic carbocycles. The first-order chi connectivity index (χ1) is 5.66. The minimum Gasteiger partial charge on any atom is -0.383 e. The van der Waals surface area contributed by atoms with Gasteiger partial charge in [0.1, 0.15) is 0 Å². The molecule has 0 saturated carbocycles. The third-order valence-electron chi connectivity index (χ3n) is 1.72. The molecule has 0 aliphatic rings. The zero-order valence-electron chi connectivity index (χ0n) is 8.76. The predicted octanol–water partition coefficient (Wildman–Crippen LogP) is 0.809. The van der Waals surface area contributed by atoms with E-state index in [0.29, 0.717) is 6.04 Å². The van der Waals surface area contributed by atoms with Crippen molar-refractivity contribution in [2.75, 3.05) is 40.4 Å². The Kier molecular flexibility index (Phi) is 7.45. The predicted molar refractivity (Wildman–Crippen MR) is 54.6 cm³/mol. The maximum Gasteiger partial charge on any atom is 0.0589 e. The topological polar surface area (TPSA) is 24.5 Å². The highest BCUT2D eigenvalue weighted by atomic mass is 16.5. The smallest absolute Gasteiger partial charge is 0.0589 e. The molecular formula is C9H24N2O. The van der Waals surface area contributed by atoms with Crippen LogP contribution in [0.5, 0.6) is 0 Å². The summed E-state index contributed by atoms with van der Waals surface area (Å²) < 4.78 is 4.98. The van der Waals surface area contributed by atoms with Crippen LogP contribution in [0.25, 0.3) is 0 Å². The van der Waals surface area contributed by atoms with Gasteiger partial charge in [-0.05, 0) is 7.05 Å². The van der Waals surface area contributed by atoms with Crippen LogP contribution in [-0.4, -0.2) is 51.3 Å². The van der Waals surface area contributed by atoms with E-state index in [0.717, 1.165) is 26.2 Å². The molecule has 76 valence electrons. The van der Waals surface area contributed by atoms with Crippen molar-refractivity contribution in [2.45, 2.75) is 19.9 Å². The maximum atomic E-state index is 4.98. The quantitative estimate of drug-likeness (QED) is 0.621. The Balaban J connectivity index is 0. The molecule has 0 saturated heterocycles. The lowest BCUT2D eigenvalue weighted by atomic mass is 10.4. The molecule has 0 bridgehead atoms. The van der Waals surface area contributed by atoms with Crippen LogP contribution in [0.4, 0.5) is 0 Å². The molecule has 0 rings (SSSR count). The van der Waals surface area contributed by atoms with Gasteiger partial charge in [-0.15, -0.1) is 0 Å². The average Bonchev–Trinajstić information content (AvgIpc) is 2.00. The summed E-state index contributed by atoms with van der Waals surface area (Å²) in [7, 11) is 3.85. The van der Waals surface area contributed by atoms with Crippen LogP contribution in [0, 0.1) is 0 Å². The van der Waals surface area contributed by atoms with Crippen LogP contribution in [-0.2, 0) is 4.74 Å². The summed E-state index contributed by atoms with van der Waals surface area (Å²) in [5.74, 6) is 0. The second-order valence-electron chi connectivity index (χ2n) is 3.40. The summed E-state index contributed by atoms with van der Waals surface area (Å²) >= 11 is 0. The first-order valence-corrected chi connectivity index (χ1v) is 4.57. The van der Waals surface area contributed by atoms with Crippen LogP contribution in [0.2, 0.25) is 0 Å². The van der Waals surface area contributed by atoms with E-state index in [1.165, 1.54) is 0 Å². The van der Waals surface area contributed by atoms with Gasteiger partial charge in [0.25, 0.3) is 0 Å². The van der Waals surface area contributed by atoms with Gasteiger partial charge in [-0.1, -0.05) is 13.8 Å². The number of ether oxygens (including phenoxy) is 1. The van der Waals surface area contributed by atoms with Crippen molar-refractivity contribution in [1.82, 2.24) is 10.2 Å². The van der Waals surface area contributed by atoms with Crippen molar-refractivity contribution in [3.8, 4) is 0 Å². The molecule has 0 aromatic heterocycles. The molecule has 0 atom stereocenters. The van der Waals surface area contributed by atoms with Crippen LogP contribution < -0.4 is 5.32 Å². The van der Waals surface area contributed by atoms with E-state index in [9.17, 15) is 0 Å². The van der Waals surface area contributed by atoms with Gasteiger partial charge < -0.3 is 15.0 Å². The lowest BCUT2D eigenvalue weighted by Crippen LogP contribution is -2.34. The number of nitrogens with one attached hydrogen (secondary N) is 1. The number of methoxy groups -OCH3 is 1. The van der Waals surface area contributed by atoms with Crippen molar-refractivity contribution < 1.29 is 6.16 Å². The second kappa shape index (κ2) is 7.53. The van der Waals surface area contributed by atoms with Gasteiger partial charge >= 0.3 is 0 Å². The molecule has 1 N–H and O–H groups in total. The molecule has 12 heavy (non-hydrogen) atoms. The monoisotopic (exact) mass is 176 g/mol. The van der Waals surface area contributed by atoms with Crippen molar-refractivity contribution in [1.29, 1.82) is 0 Å². The summed E-state index contributed by atoms with van der Waals surface area (Å²) in [6.07, 6.45) is 0. The van der Waals surface area contributed by atoms with E-state index in [-0.39, 0.29) is 1.43 Å². The first-order valence-electron chi connectivity index (χ1n) is 4.57. The molecule has 0 unspecified atom stereocenters. The Morgan fingerprint density at radius 2 is 2.08 bits per heavy atom. The molecule has 3 nitrogen and oxygen atoms in total. The second-order valence-corrected chi connectivity index (χ2v) is 3.40. The fraction of sp³-hybridized carbons (Fsp3) is 1.00. The lowest BCUT2D eigenvalue weighted by molar-refractivity contribution is 0.161.